The van der Waals surface area contributed by atoms with Crippen molar-refractivity contribution in [3.05, 3.63) is 29.8 Å². The molecule has 0 spiro atoms. The third kappa shape index (κ3) is 5.53. The van der Waals surface area contributed by atoms with Gasteiger partial charge in [0, 0.05) is 31.7 Å². The number of hydrogen-bond donors (Lipinski definition) is 1. The highest BCUT2D eigenvalue weighted by Crippen LogP contribution is 2.18. The van der Waals surface area contributed by atoms with E-state index < -0.39 is 10.0 Å². The average molecular weight is 410 g/mol. The maximum atomic E-state index is 12.6. The van der Waals surface area contributed by atoms with Gasteiger partial charge >= 0.3 is 0 Å². The van der Waals surface area contributed by atoms with E-state index in [0.29, 0.717) is 38.4 Å². The van der Waals surface area contributed by atoms with Crippen LogP contribution in [0.4, 0.5) is 0 Å². The molecular formula is C20H31N3O4S. The maximum absolute atomic E-state index is 12.6. The van der Waals surface area contributed by atoms with Crippen LogP contribution in [0.25, 0.3) is 0 Å². The van der Waals surface area contributed by atoms with Crippen molar-refractivity contribution in [2.75, 3.05) is 52.5 Å². The van der Waals surface area contributed by atoms with Crippen molar-refractivity contribution in [2.24, 2.45) is 5.92 Å². The van der Waals surface area contributed by atoms with Crippen LogP contribution in [0.1, 0.15) is 36.5 Å². The summed E-state index contributed by atoms with van der Waals surface area (Å²) in [5, 5.41) is 2.93. The molecule has 1 aromatic carbocycles. The SMILES string of the molecule is C[C@@H]1CCCN(CCCNC(=O)c2ccc(S(=O)(=O)N3CCOCC3)cc2)C1. The maximum Gasteiger partial charge on any atom is 0.251 e. The van der Waals surface area contributed by atoms with Crippen molar-refractivity contribution in [1.82, 2.24) is 14.5 Å². The van der Waals surface area contributed by atoms with Gasteiger partial charge in [0.2, 0.25) is 10.0 Å². The Morgan fingerprint density at radius 2 is 1.89 bits per heavy atom. The molecule has 1 amide bonds. The van der Waals surface area contributed by atoms with Gasteiger partial charge in [-0.3, -0.25) is 4.79 Å². The van der Waals surface area contributed by atoms with E-state index in [1.807, 2.05) is 0 Å². The lowest BCUT2D eigenvalue weighted by molar-refractivity contribution is 0.0730. The second-order valence-electron chi connectivity index (χ2n) is 7.70. The number of nitrogens with zero attached hydrogens (tertiary/aromatic N) is 2. The molecular weight excluding hydrogens is 378 g/mol. The highest BCUT2D eigenvalue weighted by Gasteiger charge is 2.26. The molecule has 0 saturated carbocycles. The lowest BCUT2D eigenvalue weighted by atomic mass is 10.0. The minimum Gasteiger partial charge on any atom is -0.379 e. The number of sulfonamides is 1. The monoisotopic (exact) mass is 409 g/mol. The zero-order valence-electron chi connectivity index (χ0n) is 16.6. The Balaban J connectivity index is 1.47. The third-order valence-electron chi connectivity index (χ3n) is 5.40. The van der Waals surface area contributed by atoms with E-state index in [0.717, 1.165) is 32.0 Å². The number of nitrogens with one attached hydrogen (secondary N) is 1. The molecule has 1 aromatic rings. The second kappa shape index (κ2) is 9.82. The van der Waals surface area contributed by atoms with Gasteiger partial charge in [0.15, 0.2) is 0 Å². The van der Waals surface area contributed by atoms with Crippen LogP contribution in [0.15, 0.2) is 29.2 Å². The minimum atomic E-state index is -3.53. The molecule has 2 heterocycles. The summed E-state index contributed by atoms with van der Waals surface area (Å²) in [6.45, 7) is 7.76. The standard InChI is InChI=1S/C20H31N3O4S/c1-17-4-2-10-22(16-17)11-3-9-21-20(24)18-5-7-19(8-6-18)28(25,26)23-12-14-27-15-13-23/h5-8,17H,2-4,9-16H2,1H3,(H,21,24)/t17-/m1/s1. The molecule has 1 N–H and O–H groups in total. The topological polar surface area (TPSA) is 79.0 Å². The van der Waals surface area contributed by atoms with Crippen LogP contribution >= 0.6 is 0 Å². The smallest absolute Gasteiger partial charge is 0.251 e. The van der Waals surface area contributed by atoms with Crippen molar-refractivity contribution in [3.63, 3.8) is 0 Å². The highest BCUT2D eigenvalue weighted by atomic mass is 32.2. The molecule has 28 heavy (non-hydrogen) atoms. The lowest BCUT2D eigenvalue weighted by Gasteiger charge is -2.30. The van der Waals surface area contributed by atoms with E-state index in [9.17, 15) is 13.2 Å². The van der Waals surface area contributed by atoms with E-state index >= 15 is 0 Å². The van der Waals surface area contributed by atoms with Crippen molar-refractivity contribution in [3.8, 4) is 0 Å². The van der Waals surface area contributed by atoms with E-state index in [2.05, 4.69) is 17.1 Å². The van der Waals surface area contributed by atoms with Gasteiger partial charge in [-0.2, -0.15) is 4.31 Å². The summed E-state index contributed by atoms with van der Waals surface area (Å²) in [4.78, 5) is 15.0. The quantitative estimate of drug-likeness (QED) is 0.692. The van der Waals surface area contributed by atoms with Crippen LogP contribution in [-0.4, -0.2) is 76.0 Å². The van der Waals surface area contributed by atoms with E-state index in [-0.39, 0.29) is 10.8 Å². The molecule has 7 nitrogen and oxygen atoms in total. The van der Waals surface area contributed by atoms with Crippen molar-refractivity contribution >= 4 is 15.9 Å². The second-order valence-corrected chi connectivity index (χ2v) is 9.64. The summed E-state index contributed by atoms with van der Waals surface area (Å²) in [6.07, 6.45) is 3.49. The number of rotatable bonds is 7. The largest absolute Gasteiger partial charge is 0.379 e. The summed E-state index contributed by atoms with van der Waals surface area (Å²) in [7, 11) is -3.53. The molecule has 0 radical (unpaired) electrons. The number of likely N-dealkylation sites (tertiary alicyclic amines) is 1. The molecule has 0 bridgehead atoms. The zero-order valence-corrected chi connectivity index (χ0v) is 17.4. The number of hydrogen-bond acceptors (Lipinski definition) is 5. The molecule has 0 unspecified atom stereocenters. The molecule has 0 aliphatic carbocycles. The predicted octanol–water partition coefficient (Wildman–Crippen LogP) is 1.56. The first kappa shape index (κ1) is 21.2. The molecule has 2 saturated heterocycles. The number of carbonyl (C=O) groups excluding carboxylic acids is 1. The molecule has 3 rings (SSSR count). The normalized spacial score (nSPS) is 22.1. The molecule has 2 aliphatic rings. The van der Waals surface area contributed by atoms with Gasteiger partial charge in [0.05, 0.1) is 18.1 Å². The fourth-order valence-electron chi connectivity index (χ4n) is 3.81. The van der Waals surface area contributed by atoms with E-state index in [4.69, 9.17) is 4.74 Å². The van der Waals surface area contributed by atoms with Crippen LogP contribution in [0.3, 0.4) is 0 Å². The van der Waals surface area contributed by atoms with E-state index in [1.54, 1.807) is 12.1 Å². The molecule has 2 aliphatic heterocycles. The average Bonchev–Trinajstić information content (AvgIpc) is 2.72. The summed E-state index contributed by atoms with van der Waals surface area (Å²) in [5.41, 5.74) is 0.479. The first-order valence-electron chi connectivity index (χ1n) is 10.2. The van der Waals surface area contributed by atoms with Crippen LogP contribution in [-0.2, 0) is 14.8 Å². The van der Waals surface area contributed by atoms with Gasteiger partial charge in [-0.25, -0.2) is 8.42 Å². The van der Waals surface area contributed by atoms with Gasteiger partial charge in [-0.15, -0.1) is 0 Å². The number of ether oxygens (including phenoxy) is 1. The van der Waals surface area contributed by atoms with Gasteiger partial charge in [-0.1, -0.05) is 6.92 Å². The summed E-state index contributed by atoms with van der Waals surface area (Å²) in [5.74, 6) is 0.595. The van der Waals surface area contributed by atoms with Gasteiger partial charge in [0.1, 0.15) is 0 Å². The first-order chi connectivity index (χ1) is 13.5. The van der Waals surface area contributed by atoms with Crippen LogP contribution in [0.2, 0.25) is 0 Å². The third-order valence-corrected chi connectivity index (χ3v) is 7.32. The number of carbonyl (C=O) groups is 1. The van der Waals surface area contributed by atoms with Gasteiger partial charge < -0.3 is 15.0 Å². The van der Waals surface area contributed by atoms with Crippen LogP contribution in [0, 0.1) is 5.92 Å². The first-order valence-corrected chi connectivity index (χ1v) is 11.6. The van der Waals surface area contributed by atoms with Crippen molar-refractivity contribution < 1.29 is 17.9 Å². The summed E-state index contributed by atoms with van der Waals surface area (Å²) in [6, 6.07) is 6.17. The molecule has 2 fully saturated rings. The Kier molecular flexibility index (Phi) is 7.45. The van der Waals surface area contributed by atoms with Gasteiger partial charge in [0.25, 0.3) is 5.91 Å². The Morgan fingerprint density at radius 3 is 2.57 bits per heavy atom. The van der Waals surface area contributed by atoms with Crippen molar-refractivity contribution in [2.45, 2.75) is 31.1 Å². The Bertz CT molecular complexity index is 745. The van der Waals surface area contributed by atoms with Crippen molar-refractivity contribution in [1.29, 1.82) is 0 Å². The number of piperidine rings is 1. The summed E-state index contributed by atoms with van der Waals surface area (Å²) < 4.78 is 31.9. The lowest BCUT2D eigenvalue weighted by Crippen LogP contribution is -2.40. The predicted molar refractivity (Wildman–Crippen MR) is 108 cm³/mol. The fraction of sp³-hybridized carbons (Fsp3) is 0.650. The van der Waals surface area contributed by atoms with Crippen LogP contribution in [0.5, 0.6) is 0 Å². The number of morpholine rings is 1. The zero-order chi connectivity index (χ0) is 20.0. The molecule has 156 valence electrons. The molecule has 0 aromatic heterocycles. The Labute approximate surface area is 168 Å². The number of benzene rings is 1. The van der Waals surface area contributed by atoms with Crippen LogP contribution < -0.4 is 5.32 Å². The molecule has 1 atom stereocenters. The highest BCUT2D eigenvalue weighted by molar-refractivity contribution is 7.89. The Morgan fingerprint density at radius 1 is 1.18 bits per heavy atom. The minimum absolute atomic E-state index is 0.165. The molecule has 8 heteroatoms. The summed E-state index contributed by atoms with van der Waals surface area (Å²) >= 11 is 0. The van der Waals surface area contributed by atoms with E-state index in [1.165, 1.54) is 29.3 Å². The van der Waals surface area contributed by atoms with Gasteiger partial charge in [-0.05, 0) is 62.5 Å². The number of amides is 1. The Hall–Kier alpha value is -1.48. The fourth-order valence-corrected chi connectivity index (χ4v) is 5.22.